The van der Waals surface area contributed by atoms with Gasteiger partial charge in [-0.3, -0.25) is 9.89 Å². The van der Waals surface area contributed by atoms with Crippen molar-refractivity contribution in [1.82, 2.24) is 30.1 Å². The second kappa shape index (κ2) is 7.81. The van der Waals surface area contributed by atoms with Gasteiger partial charge in [0.15, 0.2) is 5.78 Å². The summed E-state index contributed by atoms with van der Waals surface area (Å²) in [5.41, 5.74) is 3.70. The molecule has 3 aromatic heterocycles. The minimum atomic E-state index is 0.210. The largest absolute Gasteiger partial charge is 0.316 e. The number of nitrogens with zero attached hydrogens (tertiary/aromatic N) is 4. The number of Topliss-reactive ketones (excluding diaryl/α,β-unsaturated/α-hetero) is 1. The zero-order valence-electron chi connectivity index (χ0n) is 15.7. The molecule has 146 valence electrons. The molecule has 1 fully saturated rings. The maximum atomic E-state index is 12.5. The van der Waals surface area contributed by atoms with E-state index >= 15 is 0 Å². The van der Waals surface area contributed by atoms with Gasteiger partial charge in [0.25, 0.3) is 0 Å². The average Bonchev–Trinajstić information content (AvgIpc) is 3.35. The number of aromatic nitrogens is 5. The molecule has 0 atom stereocenters. The SMILES string of the molecule is O=C(CC1CNC1)c1cccc(Sc2cc(Cc3ncnn4cccc34)[nH]n2)c1. The number of fused-ring (bicyclic) bond motifs is 1. The minimum absolute atomic E-state index is 0.210. The molecule has 0 amide bonds. The highest BCUT2D eigenvalue weighted by Gasteiger charge is 2.21. The predicted molar refractivity (Wildman–Crippen MR) is 110 cm³/mol. The summed E-state index contributed by atoms with van der Waals surface area (Å²) in [6, 6.07) is 13.8. The molecule has 0 aliphatic carbocycles. The molecule has 0 spiro atoms. The van der Waals surface area contributed by atoms with Gasteiger partial charge in [0.2, 0.25) is 0 Å². The van der Waals surface area contributed by atoms with Crippen LogP contribution in [-0.2, 0) is 6.42 Å². The molecule has 1 aliphatic heterocycles. The van der Waals surface area contributed by atoms with Gasteiger partial charge < -0.3 is 5.32 Å². The highest BCUT2D eigenvalue weighted by Crippen LogP contribution is 2.28. The van der Waals surface area contributed by atoms with Crippen LogP contribution >= 0.6 is 11.8 Å². The molecule has 1 aromatic carbocycles. The maximum absolute atomic E-state index is 12.5. The van der Waals surface area contributed by atoms with Gasteiger partial charge >= 0.3 is 0 Å². The first-order valence-corrected chi connectivity index (χ1v) is 10.4. The Kier molecular flexibility index (Phi) is 4.87. The van der Waals surface area contributed by atoms with Gasteiger partial charge in [-0.1, -0.05) is 23.9 Å². The lowest BCUT2D eigenvalue weighted by Crippen LogP contribution is -2.42. The van der Waals surface area contributed by atoms with Crippen LogP contribution in [-0.4, -0.2) is 43.7 Å². The van der Waals surface area contributed by atoms with Crippen molar-refractivity contribution < 1.29 is 4.79 Å². The third-order valence-electron chi connectivity index (χ3n) is 5.10. The van der Waals surface area contributed by atoms with E-state index in [2.05, 4.69) is 25.6 Å². The number of H-pyrrole nitrogens is 1. The molecule has 29 heavy (non-hydrogen) atoms. The van der Waals surface area contributed by atoms with E-state index in [1.54, 1.807) is 18.1 Å². The Morgan fingerprint density at radius 1 is 1.21 bits per heavy atom. The van der Waals surface area contributed by atoms with Crippen LogP contribution in [0.25, 0.3) is 5.52 Å². The van der Waals surface area contributed by atoms with E-state index in [0.717, 1.165) is 45.5 Å². The Morgan fingerprint density at radius 3 is 3.00 bits per heavy atom. The highest BCUT2D eigenvalue weighted by atomic mass is 32.2. The summed E-state index contributed by atoms with van der Waals surface area (Å²) < 4.78 is 1.82. The van der Waals surface area contributed by atoms with Gasteiger partial charge in [-0.2, -0.15) is 10.2 Å². The standard InChI is InChI=1S/C21H20N6OS/c28-20(7-14-11-22-12-14)15-3-1-4-17(8-15)29-21-10-16(25-26-21)9-18-19-5-2-6-27(19)24-13-23-18/h1-6,8,10,13-14,22H,7,9,11-12H2,(H,25,26). The number of carbonyl (C=O) groups is 1. The molecule has 0 unspecified atom stereocenters. The van der Waals surface area contributed by atoms with Crippen LogP contribution < -0.4 is 5.32 Å². The highest BCUT2D eigenvalue weighted by molar-refractivity contribution is 7.99. The first kappa shape index (κ1) is 18.1. The third-order valence-corrected chi connectivity index (χ3v) is 6.01. The molecular weight excluding hydrogens is 384 g/mol. The van der Waals surface area contributed by atoms with Crippen molar-refractivity contribution >= 4 is 23.1 Å². The molecule has 5 rings (SSSR count). The zero-order chi connectivity index (χ0) is 19.6. The summed E-state index contributed by atoms with van der Waals surface area (Å²) >= 11 is 1.55. The fourth-order valence-corrected chi connectivity index (χ4v) is 4.31. The van der Waals surface area contributed by atoms with Crippen LogP contribution in [0.1, 0.15) is 28.2 Å². The van der Waals surface area contributed by atoms with Crippen LogP contribution in [0.3, 0.4) is 0 Å². The number of benzene rings is 1. The summed E-state index contributed by atoms with van der Waals surface area (Å²) in [4.78, 5) is 17.9. The van der Waals surface area contributed by atoms with Crippen molar-refractivity contribution in [2.75, 3.05) is 13.1 Å². The maximum Gasteiger partial charge on any atom is 0.163 e. The molecular formula is C21H20N6OS. The first-order valence-electron chi connectivity index (χ1n) is 9.58. The Labute approximate surface area is 171 Å². The summed E-state index contributed by atoms with van der Waals surface area (Å²) in [5.74, 6) is 0.684. The van der Waals surface area contributed by atoms with E-state index < -0.39 is 0 Å². The number of nitrogens with one attached hydrogen (secondary N) is 2. The number of carbonyl (C=O) groups excluding carboxylic acids is 1. The normalized spacial score (nSPS) is 14.2. The van der Waals surface area contributed by atoms with Gasteiger partial charge in [0.1, 0.15) is 11.4 Å². The Morgan fingerprint density at radius 2 is 2.14 bits per heavy atom. The average molecular weight is 404 g/mol. The second-order valence-electron chi connectivity index (χ2n) is 7.23. The molecule has 1 aliphatic rings. The van der Waals surface area contributed by atoms with E-state index in [4.69, 9.17) is 0 Å². The smallest absolute Gasteiger partial charge is 0.163 e. The fraction of sp³-hybridized carbons (Fsp3) is 0.238. The van der Waals surface area contributed by atoms with E-state index in [9.17, 15) is 4.79 Å². The van der Waals surface area contributed by atoms with Gasteiger partial charge in [-0.25, -0.2) is 9.50 Å². The molecule has 1 saturated heterocycles. The van der Waals surface area contributed by atoms with Crippen LogP contribution in [0.2, 0.25) is 0 Å². The van der Waals surface area contributed by atoms with Gasteiger partial charge in [-0.15, -0.1) is 0 Å². The van der Waals surface area contributed by atoms with Crippen molar-refractivity contribution in [3.8, 4) is 0 Å². The Bertz CT molecular complexity index is 1160. The molecule has 0 bridgehead atoms. The number of rotatable bonds is 7. The zero-order valence-corrected chi connectivity index (χ0v) is 16.5. The number of hydrogen-bond acceptors (Lipinski definition) is 6. The third kappa shape index (κ3) is 3.94. The lowest BCUT2D eigenvalue weighted by molar-refractivity contribution is 0.0945. The molecule has 2 N–H and O–H groups in total. The lowest BCUT2D eigenvalue weighted by atomic mass is 9.94. The molecule has 8 heteroatoms. The number of hydrogen-bond donors (Lipinski definition) is 2. The van der Waals surface area contributed by atoms with Crippen molar-refractivity contribution in [1.29, 1.82) is 0 Å². The molecule has 4 heterocycles. The number of ketones is 1. The van der Waals surface area contributed by atoms with E-state index in [1.165, 1.54) is 0 Å². The van der Waals surface area contributed by atoms with Crippen molar-refractivity contribution in [2.45, 2.75) is 22.8 Å². The van der Waals surface area contributed by atoms with Gasteiger partial charge in [-0.05, 0) is 49.3 Å². The molecule has 7 nitrogen and oxygen atoms in total. The van der Waals surface area contributed by atoms with Crippen LogP contribution in [0.5, 0.6) is 0 Å². The monoisotopic (exact) mass is 404 g/mol. The first-order chi connectivity index (χ1) is 14.2. The quantitative estimate of drug-likeness (QED) is 0.461. The summed E-state index contributed by atoms with van der Waals surface area (Å²) in [6.07, 6.45) is 4.74. The summed E-state index contributed by atoms with van der Waals surface area (Å²) in [6.45, 7) is 1.89. The van der Waals surface area contributed by atoms with E-state index in [-0.39, 0.29) is 5.78 Å². The summed E-state index contributed by atoms with van der Waals surface area (Å²) in [7, 11) is 0. The summed E-state index contributed by atoms with van der Waals surface area (Å²) in [5, 5.41) is 15.8. The lowest BCUT2D eigenvalue weighted by Gasteiger charge is -2.26. The van der Waals surface area contributed by atoms with Gasteiger partial charge in [0, 0.05) is 35.2 Å². The molecule has 0 saturated carbocycles. The predicted octanol–water partition coefficient (Wildman–Crippen LogP) is 2.99. The Balaban J connectivity index is 1.28. The van der Waals surface area contributed by atoms with Crippen molar-refractivity contribution in [2.24, 2.45) is 5.92 Å². The van der Waals surface area contributed by atoms with Gasteiger partial charge in [0.05, 0.1) is 11.2 Å². The van der Waals surface area contributed by atoms with Crippen LogP contribution in [0.15, 0.2) is 64.9 Å². The topological polar surface area (TPSA) is 88.0 Å². The molecule has 4 aromatic rings. The van der Waals surface area contributed by atoms with Crippen molar-refractivity contribution in [3.05, 3.63) is 71.9 Å². The van der Waals surface area contributed by atoms with Crippen LogP contribution in [0.4, 0.5) is 0 Å². The number of aromatic amines is 1. The second-order valence-corrected chi connectivity index (χ2v) is 8.33. The van der Waals surface area contributed by atoms with E-state index in [0.29, 0.717) is 18.8 Å². The molecule has 0 radical (unpaired) electrons. The minimum Gasteiger partial charge on any atom is -0.316 e. The van der Waals surface area contributed by atoms with Crippen molar-refractivity contribution in [3.63, 3.8) is 0 Å². The van der Waals surface area contributed by atoms with E-state index in [1.807, 2.05) is 53.2 Å². The Hall–Kier alpha value is -2.97. The van der Waals surface area contributed by atoms with Crippen LogP contribution in [0, 0.1) is 5.92 Å². The fourth-order valence-electron chi connectivity index (χ4n) is 3.45.